The average Bonchev–Trinajstić information content (AvgIpc) is 1.54. The summed E-state index contributed by atoms with van der Waals surface area (Å²) in [6.07, 6.45) is 3.25. The van der Waals surface area contributed by atoms with Crippen LogP contribution in [0.5, 0.6) is 0 Å². The van der Waals surface area contributed by atoms with E-state index < -0.39 is 32.1 Å². The molecule has 2 radical (unpaired) electrons. The number of hydrogen-bond acceptors (Lipinski definition) is 9. The summed E-state index contributed by atoms with van der Waals surface area (Å²) >= 11 is 0. The van der Waals surface area contributed by atoms with Gasteiger partial charge < -0.3 is 25.3 Å². The van der Waals surface area contributed by atoms with E-state index in [1.165, 1.54) is 0 Å². The summed E-state index contributed by atoms with van der Waals surface area (Å²) in [6, 6.07) is 0. The van der Waals surface area contributed by atoms with Crippen LogP contribution < -0.4 is 0 Å². The number of hydrogen-bond donors (Lipinski definition) is 0. The molecule has 0 saturated heterocycles. The maximum Gasteiger partial charge on any atom is 3.00 e. The molecule has 6 nitrogen and oxygen atoms in total. The Morgan fingerprint density at radius 2 is 0.538 bits per heavy atom. The third-order valence-electron chi connectivity index (χ3n) is 0. The largest absolute Gasteiger partial charge is 3.00 e. The van der Waals surface area contributed by atoms with Crippen molar-refractivity contribution in [3.63, 3.8) is 0 Å². The summed E-state index contributed by atoms with van der Waals surface area (Å²) in [4.78, 5) is 0. The van der Waals surface area contributed by atoms with E-state index in [-0.39, 0.29) is 26.2 Å². The van der Waals surface area contributed by atoms with E-state index in [2.05, 4.69) is 0 Å². The first-order chi connectivity index (χ1) is 5.20. The summed E-state index contributed by atoms with van der Waals surface area (Å²) in [7, 11) is -5.58. The minimum Gasteiger partial charge on any atom is -0.424 e. The summed E-state index contributed by atoms with van der Waals surface area (Å²) in [5.41, 5.74) is 0. The van der Waals surface area contributed by atoms with Crippen LogP contribution in [0.1, 0.15) is 0 Å². The zero-order valence-corrected chi connectivity index (χ0v) is 13.0. The van der Waals surface area contributed by atoms with Gasteiger partial charge in [0, 0.05) is 0 Å². The molecule has 0 bridgehead atoms. The molecule has 0 aromatic rings. The van der Waals surface area contributed by atoms with E-state index in [0.717, 1.165) is 18.8 Å². The average molecular weight is 446 g/mol. The second kappa shape index (κ2) is 18.5. The monoisotopic (exact) mass is 446 g/mol. The molecule has 0 aromatic carbocycles. The molecule has 0 aliphatic heterocycles. The fraction of sp³-hybridized carbons (Fsp3) is 1.00. The van der Waals surface area contributed by atoms with Crippen molar-refractivity contribution in [1.82, 2.24) is 0 Å². The van der Waals surface area contributed by atoms with Gasteiger partial charge in [-0.2, -0.15) is 0 Å². The maximum absolute atomic E-state index is 9.00. The first-order valence-corrected chi connectivity index (χ1v) is 6.67. The Labute approximate surface area is 102 Å². The Balaban J connectivity index is -0.0000000450. The Bertz CT molecular complexity index is 216. The smallest absolute Gasteiger partial charge is 0.424 e. The van der Waals surface area contributed by atoms with Gasteiger partial charge in [0.15, 0.2) is 0 Å². The Morgan fingerprint density at radius 3 is 0.538 bits per heavy atom. The molecule has 0 aliphatic carbocycles. The van der Waals surface area contributed by atoms with Gasteiger partial charge >= 0.3 is 26.2 Å². The SMILES string of the molecule is C[S-](=O)=O.C[S-](=O)=O.C[S-](=O)=O.[Bi+3]. The Hall–Kier alpha value is 0.733. The second-order valence-corrected chi connectivity index (χ2v) is 3.61. The summed E-state index contributed by atoms with van der Waals surface area (Å²) in [6.45, 7) is 0. The van der Waals surface area contributed by atoms with E-state index in [1.807, 2.05) is 0 Å². The van der Waals surface area contributed by atoms with E-state index >= 15 is 0 Å². The van der Waals surface area contributed by atoms with Crippen molar-refractivity contribution in [3.8, 4) is 0 Å². The van der Waals surface area contributed by atoms with E-state index in [1.54, 1.807) is 0 Å². The maximum atomic E-state index is 9.00. The Kier molecular flexibility index (Phi) is 33.5. The molecule has 0 fully saturated rings. The predicted molar refractivity (Wildman–Crippen MR) is 49.7 cm³/mol. The van der Waals surface area contributed by atoms with Gasteiger partial charge in [0.25, 0.3) is 0 Å². The molecule has 0 spiro atoms. The topological polar surface area (TPSA) is 102 Å². The molecule has 13 heavy (non-hydrogen) atoms. The molecule has 0 saturated carbocycles. The molecule has 10 heteroatoms. The van der Waals surface area contributed by atoms with Gasteiger partial charge in [-0.3, -0.25) is 0 Å². The molecule has 0 aliphatic rings. The van der Waals surface area contributed by atoms with E-state index in [9.17, 15) is 0 Å². The molecule has 0 aromatic heterocycles. The normalized spacial score (nSPS) is 7.85. The summed E-state index contributed by atoms with van der Waals surface area (Å²) in [5.74, 6) is 0. The molecule has 0 heterocycles. The summed E-state index contributed by atoms with van der Waals surface area (Å²) < 4.78 is 54.0. The van der Waals surface area contributed by atoms with Crippen molar-refractivity contribution in [1.29, 1.82) is 0 Å². The number of rotatable bonds is 0. The molecule has 0 amide bonds. The van der Waals surface area contributed by atoms with E-state index in [0.29, 0.717) is 0 Å². The van der Waals surface area contributed by atoms with Crippen LogP contribution in [0.4, 0.5) is 0 Å². The van der Waals surface area contributed by atoms with Crippen LogP contribution in [0.2, 0.25) is 0 Å². The Morgan fingerprint density at radius 1 is 0.538 bits per heavy atom. The van der Waals surface area contributed by atoms with Crippen molar-refractivity contribution in [2.75, 3.05) is 18.8 Å². The zero-order chi connectivity index (χ0) is 10.7. The van der Waals surface area contributed by atoms with Crippen molar-refractivity contribution < 1.29 is 25.3 Å². The first-order valence-electron chi connectivity index (χ1n) is 2.22. The molecule has 0 unspecified atom stereocenters. The molecule has 0 rings (SSSR count). The minimum atomic E-state index is -1.86. The third-order valence-corrected chi connectivity index (χ3v) is 0. The van der Waals surface area contributed by atoms with Gasteiger partial charge in [-0.05, 0) is 0 Å². The van der Waals surface area contributed by atoms with Crippen LogP contribution in [-0.4, -0.2) is 45.0 Å². The van der Waals surface area contributed by atoms with Crippen LogP contribution in [-0.2, 0) is 57.4 Å². The van der Waals surface area contributed by atoms with E-state index in [4.69, 9.17) is 25.3 Å². The quantitative estimate of drug-likeness (QED) is 0.364. The van der Waals surface area contributed by atoms with Crippen molar-refractivity contribution in [2.45, 2.75) is 0 Å². The third kappa shape index (κ3) is 2730. The van der Waals surface area contributed by atoms with Crippen LogP contribution in [0.25, 0.3) is 0 Å². The van der Waals surface area contributed by atoms with Gasteiger partial charge in [0.1, 0.15) is 0 Å². The standard InChI is InChI=1S/3CH3O2S.Bi/c3*1-4(2)3;/h3*1H3;/q3*-1;+3. The van der Waals surface area contributed by atoms with Crippen molar-refractivity contribution in [2.24, 2.45) is 0 Å². The summed E-state index contributed by atoms with van der Waals surface area (Å²) in [5, 5.41) is 0. The molecule has 0 N–H and O–H groups in total. The van der Waals surface area contributed by atoms with Gasteiger partial charge in [0.05, 0.1) is 0 Å². The predicted octanol–water partition coefficient (Wildman–Crippen LogP) is -0.604. The second-order valence-electron chi connectivity index (χ2n) is 1.20. The van der Waals surface area contributed by atoms with Gasteiger partial charge in [-0.1, -0.05) is 50.9 Å². The van der Waals surface area contributed by atoms with Crippen molar-refractivity contribution in [3.05, 3.63) is 0 Å². The van der Waals surface area contributed by atoms with Gasteiger partial charge in [-0.25, -0.2) is 0 Å². The molecular weight excluding hydrogens is 437 g/mol. The fourth-order valence-electron chi connectivity index (χ4n) is 0. The molecule has 80 valence electrons. The van der Waals surface area contributed by atoms with Crippen LogP contribution in [0, 0.1) is 0 Å². The van der Waals surface area contributed by atoms with Gasteiger partial charge in [-0.15, -0.1) is 0 Å². The molecular formula is C3H9BiO6S3. The first kappa shape index (κ1) is 23.5. The fourth-order valence-corrected chi connectivity index (χ4v) is 0. The van der Waals surface area contributed by atoms with Gasteiger partial charge in [0.2, 0.25) is 0 Å². The van der Waals surface area contributed by atoms with Crippen LogP contribution in [0.3, 0.4) is 0 Å². The van der Waals surface area contributed by atoms with Crippen molar-refractivity contribution >= 4 is 58.3 Å². The van der Waals surface area contributed by atoms with Crippen LogP contribution in [0.15, 0.2) is 0 Å². The minimum absolute atomic E-state index is 0. The van der Waals surface area contributed by atoms with Crippen LogP contribution >= 0.6 is 0 Å². The molecule has 0 atom stereocenters. The zero-order valence-electron chi connectivity index (χ0n) is 7.12.